The highest BCUT2D eigenvalue weighted by atomic mass is 35.5. The number of nitrogens with zero attached hydrogens (tertiary/aromatic N) is 1. The fourth-order valence-electron chi connectivity index (χ4n) is 0.638. The van der Waals surface area contributed by atoms with Gasteiger partial charge in [-0.2, -0.15) is 0 Å². The van der Waals surface area contributed by atoms with Gasteiger partial charge in [0.25, 0.3) is 5.78 Å². The summed E-state index contributed by atoms with van der Waals surface area (Å²) in [5, 5.41) is 8.58. The van der Waals surface area contributed by atoms with Gasteiger partial charge >= 0.3 is 5.97 Å². The Morgan fingerprint density at radius 2 is 2.17 bits per heavy atom. The smallest absolute Gasteiger partial charge is 0.378 e. The van der Waals surface area contributed by atoms with Crippen LogP contribution in [-0.2, 0) is 4.79 Å². The number of carbonyl (C=O) groups excluding carboxylic acids is 1. The molecule has 1 aromatic rings. The molecule has 62 valence electrons. The summed E-state index contributed by atoms with van der Waals surface area (Å²) in [6.07, 6.45) is 1.28. The van der Waals surface area contributed by atoms with Crippen molar-refractivity contribution in [3.63, 3.8) is 0 Å². The summed E-state index contributed by atoms with van der Waals surface area (Å²) < 4.78 is 0. The Kier molecular flexibility index (Phi) is 2.40. The zero-order valence-corrected chi connectivity index (χ0v) is 6.58. The van der Waals surface area contributed by atoms with Crippen LogP contribution in [0.1, 0.15) is 10.5 Å². The molecule has 0 aliphatic heterocycles. The van der Waals surface area contributed by atoms with Crippen LogP contribution in [0.3, 0.4) is 0 Å². The number of aliphatic carboxylic acids is 1. The Balaban J connectivity index is 3.04. The number of hydrogen-bond donors (Lipinski definition) is 1. The van der Waals surface area contributed by atoms with Gasteiger partial charge in [-0.05, 0) is 12.1 Å². The highest BCUT2D eigenvalue weighted by Gasteiger charge is 2.15. The van der Waals surface area contributed by atoms with E-state index in [1.165, 1.54) is 18.3 Å². The molecule has 12 heavy (non-hydrogen) atoms. The number of carboxylic acids is 1. The third-order valence-electron chi connectivity index (χ3n) is 1.15. The molecule has 5 heteroatoms. The fourth-order valence-corrected chi connectivity index (χ4v) is 0.798. The molecule has 0 aliphatic rings. The van der Waals surface area contributed by atoms with E-state index in [4.69, 9.17) is 16.7 Å². The molecule has 1 N–H and O–H groups in total. The summed E-state index contributed by atoms with van der Waals surface area (Å²) in [4.78, 5) is 24.5. The van der Waals surface area contributed by atoms with Crippen LogP contribution in [0.15, 0.2) is 18.3 Å². The Hall–Kier alpha value is -1.42. The molecule has 1 aromatic heterocycles. The average molecular weight is 186 g/mol. The second-order valence-corrected chi connectivity index (χ2v) is 2.43. The Morgan fingerprint density at radius 1 is 1.50 bits per heavy atom. The number of carboxylic acid groups (broad SMARTS) is 1. The van der Waals surface area contributed by atoms with Crippen molar-refractivity contribution in [2.45, 2.75) is 0 Å². The number of halogens is 1. The zero-order chi connectivity index (χ0) is 9.14. The zero-order valence-electron chi connectivity index (χ0n) is 5.82. The minimum atomic E-state index is -1.54. The third-order valence-corrected chi connectivity index (χ3v) is 1.38. The van der Waals surface area contributed by atoms with E-state index in [1.807, 2.05) is 0 Å². The van der Waals surface area contributed by atoms with Gasteiger partial charge in [-0.3, -0.25) is 9.78 Å². The predicted octanol–water partition coefficient (Wildman–Crippen LogP) is 1.00. The van der Waals surface area contributed by atoms with Gasteiger partial charge in [0.15, 0.2) is 0 Å². The minimum Gasteiger partial charge on any atom is -0.475 e. The number of carbonyl (C=O) groups is 2. The molecule has 0 unspecified atom stereocenters. The van der Waals surface area contributed by atoms with Gasteiger partial charge in [0.05, 0.1) is 0 Å². The van der Waals surface area contributed by atoms with Crippen LogP contribution in [0.25, 0.3) is 0 Å². The molecule has 0 amide bonds. The summed E-state index contributed by atoms with van der Waals surface area (Å²) in [7, 11) is 0. The highest BCUT2D eigenvalue weighted by Crippen LogP contribution is 2.08. The SMILES string of the molecule is O=C(O)C(=O)c1cc(Cl)ccn1. The largest absolute Gasteiger partial charge is 0.475 e. The number of hydrogen-bond acceptors (Lipinski definition) is 3. The summed E-state index contributed by atoms with van der Waals surface area (Å²) >= 11 is 5.51. The maximum atomic E-state index is 10.8. The van der Waals surface area contributed by atoms with Gasteiger partial charge in [0.2, 0.25) is 0 Å². The third kappa shape index (κ3) is 1.79. The van der Waals surface area contributed by atoms with Crippen LogP contribution in [0, 0.1) is 0 Å². The molecular weight excluding hydrogens is 182 g/mol. The Bertz CT molecular complexity index is 337. The number of ketones is 1. The van der Waals surface area contributed by atoms with Crippen molar-refractivity contribution in [2.75, 3.05) is 0 Å². The molecule has 0 aliphatic carbocycles. The van der Waals surface area contributed by atoms with Crippen LogP contribution in [-0.4, -0.2) is 21.8 Å². The molecule has 4 nitrogen and oxygen atoms in total. The first-order chi connectivity index (χ1) is 5.61. The lowest BCUT2D eigenvalue weighted by Gasteiger charge is -1.93. The lowest BCUT2D eigenvalue weighted by atomic mass is 10.2. The first-order valence-electron chi connectivity index (χ1n) is 3.00. The van der Waals surface area contributed by atoms with E-state index in [1.54, 1.807) is 0 Å². The first kappa shape index (κ1) is 8.67. The Morgan fingerprint density at radius 3 is 2.67 bits per heavy atom. The van der Waals surface area contributed by atoms with E-state index in [9.17, 15) is 9.59 Å². The number of aromatic nitrogens is 1. The number of Topliss-reactive ketones (excluding diaryl/α,β-unsaturated/α-hetero) is 1. The molecule has 0 saturated carbocycles. The predicted molar refractivity (Wildman–Crippen MR) is 41.2 cm³/mol. The van der Waals surface area contributed by atoms with Crippen molar-refractivity contribution < 1.29 is 14.7 Å². The van der Waals surface area contributed by atoms with E-state index in [-0.39, 0.29) is 10.7 Å². The van der Waals surface area contributed by atoms with Crippen LogP contribution in [0.2, 0.25) is 5.02 Å². The molecule has 1 rings (SSSR count). The van der Waals surface area contributed by atoms with Gasteiger partial charge in [0, 0.05) is 11.2 Å². The highest BCUT2D eigenvalue weighted by molar-refractivity contribution is 6.40. The van der Waals surface area contributed by atoms with Crippen molar-refractivity contribution >= 4 is 23.4 Å². The van der Waals surface area contributed by atoms with Crippen molar-refractivity contribution in [1.82, 2.24) is 4.98 Å². The summed E-state index contributed by atoms with van der Waals surface area (Å²) in [6, 6.07) is 2.66. The second kappa shape index (κ2) is 3.32. The first-order valence-corrected chi connectivity index (χ1v) is 3.38. The van der Waals surface area contributed by atoms with Crippen molar-refractivity contribution in [1.29, 1.82) is 0 Å². The maximum absolute atomic E-state index is 10.8. The number of rotatable bonds is 2. The van der Waals surface area contributed by atoms with E-state index in [0.717, 1.165) is 0 Å². The standard InChI is InChI=1S/C7H4ClNO3/c8-4-1-2-9-5(3-4)6(10)7(11)12/h1-3H,(H,11,12). The summed E-state index contributed by atoms with van der Waals surface area (Å²) in [5.41, 5.74) is -0.157. The molecule has 0 radical (unpaired) electrons. The lowest BCUT2D eigenvalue weighted by molar-refractivity contribution is -0.131. The van der Waals surface area contributed by atoms with Crippen LogP contribution < -0.4 is 0 Å². The van der Waals surface area contributed by atoms with E-state index in [0.29, 0.717) is 0 Å². The fraction of sp³-hybridized carbons (Fsp3) is 0. The van der Waals surface area contributed by atoms with Gasteiger partial charge in [-0.1, -0.05) is 11.6 Å². The summed E-state index contributed by atoms with van der Waals surface area (Å²) in [5.74, 6) is -2.60. The van der Waals surface area contributed by atoms with Crippen molar-refractivity contribution in [3.05, 3.63) is 29.0 Å². The average Bonchev–Trinajstić information content (AvgIpc) is 2.03. The Labute approximate surface area is 72.8 Å². The normalized spacial score (nSPS) is 9.42. The number of pyridine rings is 1. The molecule has 0 saturated heterocycles. The van der Waals surface area contributed by atoms with Crippen LogP contribution >= 0.6 is 11.6 Å². The van der Waals surface area contributed by atoms with Crippen LogP contribution in [0.4, 0.5) is 0 Å². The quantitative estimate of drug-likeness (QED) is 0.552. The maximum Gasteiger partial charge on any atom is 0.378 e. The second-order valence-electron chi connectivity index (χ2n) is 1.99. The molecule has 0 spiro atoms. The van der Waals surface area contributed by atoms with E-state index < -0.39 is 11.8 Å². The molecule has 0 atom stereocenters. The van der Waals surface area contributed by atoms with Crippen molar-refractivity contribution in [2.24, 2.45) is 0 Å². The lowest BCUT2D eigenvalue weighted by Crippen LogP contribution is -2.13. The monoisotopic (exact) mass is 185 g/mol. The van der Waals surface area contributed by atoms with E-state index in [2.05, 4.69) is 4.98 Å². The van der Waals surface area contributed by atoms with E-state index >= 15 is 0 Å². The molecule has 1 heterocycles. The minimum absolute atomic E-state index is 0.157. The molecule has 0 bridgehead atoms. The van der Waals surface area contributed by atoms with Gasteiger partial charge < -0.3 is 5.11 Å². The topological polar surface area (TPSA) is 67.3 Å². The summed E-state index contributed by atoms with van der Waals surface area (Å²) in [6.45, 7) is 0. The van der Waals surface area contributed by atoms with Gasteiger partial charge in [-0.15, -0.1) is 0 Å². The molecule has 0 fully saturated rings. The van der Waals surface area contributed by atoms with Gasteiger partial charge in [0.1, 0.15) is 5.69 Å². The van der Waals surface area contributed by atoms with Crippen molar-refractivity contribution in [3.8, 4) is 0 Å². The molecular formula is C7H4ClNO3. The van der Waals surface area contributed by atoms with Crippen LogP contribution in [0.5, 0.6) is 0 Å². The molecule has 0 aromatic carbocycles. The van der Waals surface area contributed by atoms with Gasteiger partial charge in [-0.25, -0.2) is 4.79 Å².